The Labute approximate surface area is 107 Å². The minimum Gasteiger partial charge on any atom is -0.396 e. The van der Waals surface area contributed by atoms with Gasteiger partial charge in [-0.2, -0.15) is 0 Å². The lowest BCUT2D eigenvalue weighted by atomic mass is 9.74. The fourth-order valence-electron chi connectivity index (χ4n) is 2.30. The lowest BCUT2D eigenvalue weighted by Crippen LogP contribution is -2.35. The van der Waals surface area contributed by atoms with Crippen molar-refractivity contribution in [3.05, 3.63) is 0 Å². The smallest absolute Gasteiger partial charge is 0.0511 e. The second-order valence-electron chi connectivity index (χ2n) is 5.70. The molecule has 2 nitrogen and oxygen atoms in total. The Morgan fingerprint density at radius 3 is 1.71 bits per heavy atom. The Morgan fingerprint density at radius 2 is 1.29 bits per heavy atom. The van der Waals surface area contributed by atoms with Crippen LogP contribution in [0.2, 0.25) is 0 Å². The highest BCUT2D eigenvalue weighted by Crippen LogP contribution is 2.32. The van der Waals surface area contributed by atoms with Gasteiger partial charge in [-0.05, 0) is 12.3 Å². The third-order valence-corrected chi connectivity index (χ3v) is 4.13. The molecule has 0 fully saturated rings. The van der Waals surface area contributed by atoms with Crippen LogP contribution in [0.5, 0.6) is 0 Å². The molecule has 104 valence electrons. The van der Waals surface area contributed by atoms with Crippen molar-refractivity contribution in [3.63, 3.8) is 0 Å². The van der Waals surface area contributed by atoms with Crippen LogP contribution in [0.25, 0.3) is 0 Å². The second kappa shape index (κ2) is 9.90. The van der Waals surface area contributed by atoms with Crippen LogP contribution in [-0.4, -0.2) is 23.4 Å². The highest BCUT2D eigenvalue weighted by Gasteiger charge is 2.31. The van der Waals surface area contributed by atoms with Gasteiger partial charge >= 0.3 is 0 Å². The Kier molecular flexibility index (Phi) is 9.85. The molecule has 0 bridgehead atoms. The topological polar surface area (TPSA) is 40.5 Å². The molecule has 0 aromatic carbocycles. The van der Waals surface area contributed by atoms with Crippen LogP contribution in [0.3, 0.4) is 0 Å². The monoisotopic (exact) mass is 244 g/mol. The summed E-state index contributed by atoms with van der Waals surface area (Å²) in [5.74, 6) is 0.345. The van der Waals surface area contributed by atoms with E-state index in [1.165, 1.54) is 38.5 Å². The summed E-state index contributed by atoms with van der Waals surface area (Å²) < 4.78 is 0. The van der Waals surface area contributed by atoms with E-state index in [9.17, 15) is 10.2 Å². The van der Waals surface area contributed by atoms with Crippen molar-refractivity contribution in [2.24, 2.45) is 11.3 Å². The van der Waals surface area contributed by atoms with E-state index in [-0.39, 0.29) is 18.6 Å². The quantitative estimate of drug-likeness (QED) is 0.543. The van der Waals surface area contributed by atoms with Crippen molar-refractivity contribution in [1.29, 1.82) is 0 Å². The molecular weight excluding hydrogens is 212 g/mol. The molecule has 0 aromatic rings. The van der Waals surface area contributed by atoms with Gasteiger partial charge in [-0.1, -0.05) is 65.7 Å². The molecule has 0 unspecified atom stereocenters. The van der Waals surface area contributed by atoms with Crippen molar-refractivity contribution >= 4 is 0 Å². The van der Waals surface area contributed by atoms with Gasteiger partial charge < -0.3 is 10.2 Å². The van der Waals surface area contributed by atoms with E-state index < -0.39 is 0 Å². The Bertz CT molecular complexity index is 162. The molecule has 0 rings (SSSR count). The van der Waals surface area contributed by atoms with Crippen LogP contribution < -0.4 is 0 Å². The molecule has 0 saturated carbocycles. The van der Waals surface area contributed by atoms with E-state index in [0.29, 0.717) is 5.92 Å². The normalized spacial score (nSPS) is 12.4. The first-order chi connectivity index (χ1) is 8.13. The van der Waals surface area contributed by atoms with Crippen LogP contribution in [0.1, 0.15) is 72.1 Å². The van der Waals surface area contributed by atoms with E-state index in [2.05, 4.69) is 20.8 Å². The van der Waals surface area contributed by atoms with Crippen molar-refractivity contribution in [1.82, 2.24) is 0 Å². The Balaban J connectivity index is 3.69. The molecule has 0 atom stereocenters. The third-order valence-electron chi connectivity index (χ3n) is 4.13. The van der Waals surface area contributed by atoms with E-state index in [1.807, 2.05) is 0 Å². The summed E-state index contributed by atoms with van der Waals surface area (Å²) in [6.07, 6.45) is 9.95. The minimum atomic E-state index is -0.260. The lowest BCUT2D eigenvalue weighted by Gasteiger charge is -2.34. The van der Waals surface area contributed by atoms with Gasteiger partial charge in [0.1, 0.15) is 0 Å². The van der Waals surface area contributed by atoms with E-state index in [1.54, 1.807) is 0 Å². The van der Waals surface area contributed by atoms with E-state index in [4.69, 9.17) is 0 Å². The van der Waals surface area contributed by atoms with Crippen LogP contribution in [0.4, 0.5) is 0 Å². The predicted molar refractivity (Wildman–Crippen MR) is 74.1 cm³/mol. The number of hydrogen-bond acceptors (Lipinski definition) is 2. The van der Waals surface area contributed by atoms with Gasteiger partial charge in [0.25, 0.3) is 0 Å². The molecule has 0 amide bonds. The van der Waals surface area contributed by atoms with Gasteiger partial charge in [-0.25, -0.2) is 0 Å². The minimum absolute atomic E-state index is 0.108. The number of unbranched alkanes of at least 4 members (excludes halogenated alkanes) is 6. The largest absolute Gasteiger partial charge is 0.396 e. The van der Waals surface area contributed by atoms with Crippen molar-refractivity contribution in [3.8, 4) is 0 Å². The summed E-state index contributed by atoms with van der Waals surface area (Å²) in [4.78, 5) is 0. The SMILES string of the molecule is CCCCCCCCCC(CO)(CO)C(C)C. The zero-order valence-corrected chi connectivity index (χ0v) is 12.0. The zero-order valence-electron chi connectivity index (χ0n) is 12.0. The van der Waals surface area contributed by atoms with Crippen LogP contribution >= 0.6 is 0 Å². The number of aliphatic hydroxyl groups is 2. The van der Waals surface area contributed by atoms with Crippen LogP contribution in [0.15, 0.2) is 0 Å². The number of rotatable bonds is 11. The van der Waals surface area contributed by atoms with Gasteiger partial charge in [-0.3, -0.25) is 0 Å². The summed E-state index contributed by atoms with van der Waals surface area (Å²) in [6, 6.07) is 0. The summed E-state index contributed by atoms with van der Waals surface area (Å²) in [7, 11) is 0. The molecule has 0 aliphatic carbocycles. The fourth-order valence-corrected chi connectivity index (χ4v) is 2.30. The fraction of sp³-hybridized carbons (Fsp3) is 1.00. The first-order valence-electron chi connectivity index (χ1n) is 7.34. The van der Waals surface area contributed by atoms with Crippen molar-refractivity contribution in [2.45, 2.75) is 72.1 Å². The maximum absolute atomic E-state index is 9.46. The zero-order chi connectivity index (χ0) is 13.1. The van der Waals surface area contributed by atoms with Crippen LogP contribution in [-0.2, 0) is 0 Å². The predicted octanol–water partition coefficient (Wildman–Crippen LogP) is 3.75. The van der Waals surface area contributed by atoms with Crippen molar-refractivity contribution < 1.29 is 10.2 Å². The highest BCUT2D eigenvalue weighted by atomic mass is 16.3. The second-order valence-corrected chi connectivity index (χ2v) is 5.70. The highest BCUT2D eigenvalue weighted by molar-refractivity contribution is 4.81. The lowest BCUT2D eigenvalue weighted by molar-refractivity contribution is 0.00687. The molecule has 0 aliphatic rings. The average molecular weight is 244 g/mol. The maximum atomic E-state index is 9.46. The summed E-state index contributed by atoms with van der Waals surface area (Å²) >= 11 is 0. The summed E-state index contributed by atoms with van der Waals surface area (Å²) in [5.41, 5.74) is -0.260. The molecule has 17 heavy (non-hydrogen) atoms. The molecule has 0 aliphatic heterocycles. The Morgan fingerprint density at radius 1 is 0.824 bits per heavy atom. The molecule has 2 N–H and O–H groups in total. The molecular formula is C15H32O2. The first kappa shape index (κ1) is 16.9. The van der Waals surface area contributed by atoms with Gasteiger partial charge in [0.05, 0.1) is 13.2 Å². The maximum Gasteiger partial charge on any atom is 0.0511 e. The van der Waals surface area contributed by atoms with E-state index >= 15 is 0 Å². The number of aliphatic hydroxyl groups excluding tert-OH is 2. The van der Waals surface area contributed by atoms with Gasteiger partial charge in [-0.15, -0.1) is 0 Å². The number of hydrogen-bond donors (Lipinski definition) is 2. The van der Waals surface area contributed by atoms with Crippen LogP contribution in [0, 0.1) is 11.3 Å². The molecule has 0 heterocycles. The van der Waals surface area contributed by atoms with Gasteiger partial charge in [0, 0.05) is 5.41 Å². The third kappa shape index (κ3) is 6.42. The van der Waals surface area contributed by atoms with Gasteiger partial charge in [0.15, 0.2) is 0 Å². The standard InChI is InChI=1S/C15H32O2/c1-4-5-6-7-8-9-10-11-15(12-16,13-17)14(2)3/h14,16-17H,4-13H2,1-3H3. The molecule has 0 saturated heterocycles. The molecule has 0 aromatic heterocycles. The Hall–Kier alpha value is -0.0800. The van der Waals surface area contributed by atoms with Crippen molar-refractivity contribution in [2.75, 3.05) is 13.2 Å². The first-order valence-corrected chi connectivity index (χ1v) is 7.34. The molecule has 0 spiro atoms. The van der Waals surface area contributed by atoms with Gasteiger partial charge in [0.2, 0.25) is 0 Å². The molecule has 2 heteroatoms. The average Bonchev–Trinajstić information content (AvgIpc) is 2.33. The van der Waals surface area contributed by atoms with E-state index in [0.717, 1.165) is 12.8 Å². The summed E-state index contributed by atoms with van der Waals surface area (Å²) in [5, 5.41) is 18.9. The molecule has 0 radical (unpaired) electrons. The summed E-state index contributed by atoms with van der Waals surface area (Å²) in [6.45, 7) is 6.63.